The Morgan fingerprint density at radius 3 is 2.67 bits per heavy atom. The van der Waals surface area contributed by atoms with Crippen LogP contribution in [0, 0.1) is 6.20 Å². The third-order valence-electron chi connectivity index (χ3n) is 0.775. The van der Waals surface area contributed by atoms with Gasteiger partial charge in [-0.2, -0.15) is 0 Å². The zero-order chi connectivity index (χ0) is 6.85. The molecule has 1 rings (SSSR count). The monoisotopic (exact) mass is 125 g/mol. The lowest BCUT2D eigenvalue weighted by atomic mass is 10.6. The van der Waals surface area contributed by atoms with Crippen molar-refractivity contribution in [3.63, 3.8) is 0 Å². The second kappa shape index (κ2) is 1.77. The van der Waals surface area contributed by atoms with Gasteiger partial charge in [-0.3, -0.25) is 4.79 Å². The average Bonchev–Trinajstić information content (AvgIpc) is 2.14. The normalized spacial score (nSPS) is 9.33. The Morgan fingerprint density at radius 1 is 1.78 bits per heavy atom. The van der Waals surface area contributed by atoms with Crippen molar-refractivity contribution in [2.24, 2.45) is 5.73 Å². The van der Waals surface area contributed by atoms with E-state index in [-0.39, 0.29) is 11.6 Å². The van der Waals surface area contributed by atoms with Gasteiger partial charge < -0.3 is 16.5 Å². The lowest BCUT2D eigenvalue weighted by Crippen LogP contribution is -2.12. The first-order valence-electron chi connectivity index (χ1n) is 2.23. The fraction of sp³-hybridized carbons (Fsp3) is 0. The molecule has 0 saturated carbocycles. The highest BCUT2D eigenvalue weighted by Crippen LogP contribution is 1.93. The summed E-state index contributed by atoms with van der Waals surface area (Å²) in [7, 11) is 0. The van der Waals surface area contributed by atoms with Gasteiger partial charge in [-0.25, -0.2) is 4.98 Å². The molecule has 1 heterocycles. The Bertz CT molecular complexity index is 228. The lowest BCUT2D eigenvalue weighted by molar-refractivity contribution is 0.0991. The van der Waals surface area contributed by atoms with Crippen molar-refractivity contribution in [1.82, 2.24) is 9.97 Å². The molecule has 0 aliphatic carbocycles. The second-order valence-corrected chi connectivity index (χ2v) is 1.48. The molecule has 0 atom stereocenters. The Hall–Kier alpha value is -1.52. The van der Waals surface area contributed by atoms with Gasteiger partial charge >= 0.3 is 0 Å². The van der Waals surface area contributed by atoms with Gasteiger partial charge in [0.15, 0.2) is 5.82 Å². The van der Waals surface area contributed by atoms with E-state index in [1.807, 2.05) is 0 Å². The summed E-state index contributed by atoms with van der Waals surface area (Å²) in [5.41, 5.74) is 9.95. The van der Waals surface area contributed by atoms with Gasteiger partial charge in [0.2, 0.25) is 0 Å². The maximum Gasteiger partial charge on any atom is 0.284 e. The third kappa shape index (κ3) is 0.987. The van der Waals surface area contributed by atoms with Gasteiger partial charge in [-0.15, -0.1) is 0 Å². The summed E-state index contributed by atoms with van der Waals surface area (Å²) in [6, 6.07) is 0. The van der Waals surface area contributed by atoms with Crippen molar-refractivity contribution >= 4 is 11.7 Å². The first kappa shape index (κ1) is 5.61. The minimum absolute atomic E-state index is 0.0347. The van der Waals surface area contributed by atoms with Crippen LogP contribution in [0.4, 0.5) is 5.82 Å². The van der Waals surface area contributed by atoms with E-state index in [1.165, 1.54) is 0 Å². The van der Waals surface area contributed by atoms with Crippen molar-refractivity contribution in [3.05, 3.63) is 12.0 Å². The molecule has 47 valence electrons. The minimum atomic E-state index is -0.636. The quantitative estimate of drug-likeness (QED) is 0.444. The van der Waals surface area contributed by atoms with Crippen molar-refractivity contribution in [3.8, 4) is 0 Å². The second-order valence-electron chi connectivity index (χ2n) is 1.48. The maximum absolute atomic E-state index is 10.3. The number of aromatic nitrogens is 2. The van der Waals surface area contributed by atoms with E-state index in [1.54, 1.807) is 0 Å². The molecule has 0 spiro atoms. The Balaban J connectivity index is 2.98. The number of aromatic amines is 1. The van der Waals surface area contributed by atoms with Crippen molar-refractivity contribution < 1.29 is 4.79 Å². The predicted octanol–water partition coefficient (Wildman–Crippen LogP) is -1.11. The first-order valence-corrected chi connectivity index (χ1v) is 2.23. The molecule has 1 amide bonds. The van der Waals surface area contributed by atoms with Crippen LogP contribution in [-0.4, -0.2) is 15.9 Å². The molecule has 0 saturated heterocycles. The molecule has 1 aromatic heterocycles. The Kier molecular flexibility index (Phi) is 1.11. The van der Waals surface area contributed by atoms with E-state index in [2.05, 4.69) is 16.2 Å². The number of H-pyrrole nitrogens is 1. The van der Waals surface area contributed by atoms with Gasteiger partial charge in [-0.1, -0.05) is 0 Å². The topological polar surface area (TPSA) is 97.8 Å². The molecule has 9 heavy (non-hydrogen) atoms. The highest BCUT2D eigenvalue weighted by atomic mass is 16.1. The van der Waals surface area contributed by atoms with Gasteiger partial charge in [0, 0.05) is 0 Å². The number of nitrogens with zero attached hydrogens (tertiary/aromatic N) is 1. The maximum atomic E-state index is 10.3. The average molecular weight is 125 g/mol. The number of primary amides is 1. The fourth-order valence-corrected chi connectivity index (χ4v) is 0.416. The number of nitrogens with one attached hydrogen (secondary N) is 1. The number of hydrogen-bond acceptors (Lipinski definition) is 3. The molecule has 0 bridgehead atoms. The van der Waals surface area contributed by atoms with Gasteiger partial charge in [0.05, 0.1) is 0 Å². The zero-order valence-corrected chi connectivity index (χ0v) is 4.51. The molecule has 1 radical (unpaired) electrons. The molecular weight excluding hydrogens is 120 g/mol. The van der Waals surface area contributed by atoms with Crippen LogP contribution in [0.5, 0.6) is 0 Å². The van der Waals surface area contributed by atoms with Crippen LogP contribution in [0.25, 0.3) is 0 Å². The number of hydrogen-bond donors (Lipinski definition) is 3. The van der Waals surface area contributed by atoms with Crippen molar-refractivity contribution in [2.75, 3.05) is 5.73 Å². The van der Waals surface area contributed by atoms with Gasteiger partial charge in [0.25, 0.3) is 5.91 Å². The van der Waals surface area contributed by atoms with Crippen LogP contribution in [0.15, 0.2) is 0 Å². The molecule has 5 nitrogen and oxygen atoms in total. The molecule has 0 aromatic carbocycles. The third-order valence-corrected chi connectivity index (χ3v) is 0.775. The summed E-state index contributed by atoms with van der Waals surface area (Å²) in [5.74, 6) is -0.390. The van der Waals surface area contributed by atoms with Crippen LogP contribution in [0.1, 0.15) is 10.6 Å². The van der Waals surface area contributed by atoms with E-state index in [4.69, 9.17) is 11.5 Å². The smallest absolute Gasteiger partial charge is 0.284 e. The standard InChI is InChI=1S/C4H5N4O/c5-2-1-7-4(8-2)3(6)9/h5H2,(H2,6,9)(H,7,8). The van der Waals surface area contributed by atoms with Crippen LogP contribution in [0.3, 0.4) is 0 Å². The molecular formula is C4H5N4O. The molecule has 0 aliphatic rings. The minimum Gasteiger partial charge on any atom is -0.383 e. The number of carbonyl (C=O) groups excluding carboxylic acids is 1. The van der Waals surface area contributed by atoms with Crippen molar-refractivity contribution in [2.45, 2.75) is 0 Å². The number of nitrogen functional groups attached to an aromatic ring is 1. The number of imidazole rings is 1. The summed E-state index contributed by atoms with van der Waals surface area (Å²) in [5, 5.41) is 0. The fourth-order valence-electron chi connectivity index (χ4n) is 0.416. The SMILES string of the molecule is NC(=O)c1n[c]c(N)[nH]1. The van der Waals surface area contributed by atoms with Crippen LogP contribution in [-0.2, 0) is 0 Å². The highest BCUT2D eigenvalue weighted by molar-refractivity contribution is 5.89. The summed E-state index contributed by atoms with van der Waals surface area (Å²) >= 11 is 0. The number of nitrogens with two attached hydrogens (primary N) is 2. The number of anilines is 1. The molecule has 5 N–H and O–H groups in total. The first-order chi connectivity index (χ1) is 4.20. The Morgan fingerprint density at radius 2 is 2.44 bits per heavy atom. The predicted molar refractivity (Wildman–Crippen MR) is 30.4 cm³/mol. The number of amides is 1. The lowest BCUT2D eigenvalue weighted by Gasteiger charge is -1.82. The zero-order valence-electron chi connectivity index (χ0n) is 4.51. The summed E-state index contributed by atoms with van der Waals surface area (Å²) in [6.07, 6.45) is 2.32. The van der Waals surface area contributed by atoms with Crippen LogP contribution < -0.4 is 11.5 Å². The van der Waals surface area contributed by atoms with Crippen LogP contribution in [0.2, 0.25) is 0 Å². The summed E-state index contributed by atoms with van der Waals surface area (Å²) in [6.45, 7) is 0. The molecule has 0 aliphatic heterocycles. The molecule has 0 fully saturated rings. The van der Waals surface area contributed by atoms with Crippen LogP contribution >= 0.6 is 0 Å². The van der Waals surface area contributed by atoms with E-state index >= 15 is 0 Å². The van der Waals surface area contributed by atoms with E-state index in [0.717, 1.165) is 0 Å². The van der Waals surface area contributed by atoms with E-state index in [9.17, 15) is 4.79 Å². The summed E-state index contributed by atoms with van der Waals surface area (Å²) in [4.78, 5) is 16.1. The largest absolute Gasteiger partial charge is 0.383 e. The number of carbonyl (C=O) groups is 1. The molecule has 1 aromatic rings. The molecule has 5 heteroatoms. The van der Waals surface area contributed by atoms with E-state index in [0.29, 0.717) is 0 Å². The molecule has 0 unspecified atom stereocenters. The summed E-state index contributed by atoms with van der Waals surface area (Å²) < 4.78 is 0. The van der Waals surface area contributed by atoms with E-state index < -0.39 is 5.91 Å². The Labute approximate surface area is 51.1 Å². The number of rotatable bonds is 1. The van der Waals surface area contributed by atoms with Gasteiger partial charge in [0.1, 0.15) is 12.0 Å². The highest BCUT2D eigenvalue weighted by Gasteiger charge is 2.02. The van der Waals surface area contributed by atoms with Crippen molar-refractivity contribution in [1.29, 1.82) is 0 Å². The van der Waals surface area contributed by atoms with Gasteiger partial charge in [-0.05, 0) is 0 Å².